The average molecular weight is 409 g/mol. The SMILES string of the molecule is Cc1ccc(-c2csc(-n3nc(C)cc3NC(=O)c3ccc(Cl)cc3)n2)cc1. The van der Waals surface area contributed by atoms with Gasteiger partial charge in [0, 0.05) is 27.6 Å². The molecule has 2 aromatic carbocycles. The number of amides is 1. The Kier molecular flexibility index (Phi) is 4.98. The molecule has 2 heterocycles. The largest absolute Gasteiger partial charge is 0.306 e. The minimum Gasteiger partial charge on any atom is -0.306 e. The summed E-state index contributed by atoms with van der Waals surface area (Å²) in [6, 6.07) is 16.8. The average Bonchev–Trinajstić information content (AvgIpc) is 3.29. The van der Waals surface area contributed by atoms with E-state index in [1.165, 1.54) is 16.9 Å². The van der Waals surface area contributed by atoms with Gasteiger partial charge in [-0.05, 0) is 38.1 Å². The second-order valence-electron chi connectivity index (χ2n) is 6.43. The lowest BCUT2D eigenvalue weighted by Crippen LogP contribution is -2.15. The first kappa shape index (κ1) is 18.4. The molecular formula is C21H17ClN4OS. The molecule has 0 saturated carbocycles. The Morgan fingerprint density at radius 3 is 2.50 bits per heavy atom. The number of anilines is 1. The van der Waals surface area contributed by atoms with Crippen LogP contribution in [0, 0.1) is 13.8 Å². The molecule has 0 unspecified atom stereocenters. The highest BCUT2D eigenvalue weighted by atomic mass is 35.5. The van der Waals surface area contributed by atoms with Crippen LogP contribution in [0.1, 0.15) is 21.6 Å². The fourth-order valence-electron chi connectivity index (χ4n) is 2.74. The van der Waals surface area contributed by atoms with Crippen LogP contribution in [-0.4, -0.2) is 20.7 Å². The second kappa shape index (κ2) is 7.58. The minimum atomic E-state index is -0.229. The Bertz CT molecular complexity index is 1130. The minimum absolute atomic E-state index is 0.229. The molecule has 0 radical (unpaired) electrons. The highest BCUT2D eigenvalue weighted by Crippen LogP contribution is 2.27. The smallest absolute Gasteiger partial charge is 0.256 e. The molecule has 1 N–H and O–H groups in total. The van der Waals surface area contributed by atoms with Crippen LogP contribution in [0.3, 0.4) is 0 Å². The zero-order chi connectivity index (χ0) is 19.7. The van der Waals surface area contributed by atoms with Crippen molar-refractivity contribution in [3.05, 3.63) is 81.8 Å². The molecule has 0 aliphatic carbocycles. The van der Waals surface area contributed by atoms with E-state index >= 15 is 0 Å². The summed E-state index contributed by atoms with van der Waals surface area (Å²) in [7, 11) is 0. The molecule has 140 valence electrons. The van der Waals surface area contributed by atoms with Crippen molar-refractivity contribution < 1.29 is 4.79 Å². The topological polar surface area (TPSA) is 59.8 Å². The maximum absolute atomic E-state index is 12.6. The summed E-state index contributed by atoms with van der Waals surface area (Å²) in [6.45, 7) is 3.93. The quantitative estimate of drug-likeness (QED) is 0.483. The number of thiazole rings is 1. The molecule has 0 aliphatic rings. The first-order valence-corrected chi connectivity index (χ1v) is 9.92. The van der Waals surface area contributed by atoms with Crippen LogP contribution in [0.2, 0.25) is 5.02 Å². The van der Waals surface area contributed by atoms with Crippen molar-refractivity contribution in [2.75, 3.05) is 5.32 Å². The molecule has 1 amide bonds. The molecule has 28 heavy (non-hydrogen) atoms. The van der Waals surface area contributed by atoms with Gasteiger partial charge in [0.05, 0.1) is 11.4 Å². The Labute approximate surface area is 171 Å². The number of hydrogen-bond acceptors (Lipinski definition) is 4. The summed E-state index contributed by atoms with van der Waals surface area (Å²) in [5, 5.41) is 10.7. The van der Waals surface area contributed by atoms with Crippen molar-refractivity contribution >= 4 is 34.7 Å². The van der Waals surface area contributed by atoms with Crippen LogP contribution in [0.4, 0.5) is 5.82 Å². The van der Waals surface area contributed by atoms with Crippen molar-refractivity contribution in [1.82, 2.24) is 14.8 Å². The van der Waals surface area contributed by atoms with Crippen molar-refractivity contribution in [3.63, 3.8) is 0 Å². The Morgan fingerprint density at radius 1 is 1.07 bits per heavy atom. The van der Waals surface area contributed by atoms with Gasteiger partial charge in [0.1, 0.15) is 5.82 Å². The molecule has 2 aromatic heterocycles. The van der Waals surface area contributed by atoms with Crippen LogP contribution >= 0.6 is 22.9 Å². The van der Waals surface area contributed by atoms with E-state index < -0.39 is 0 Å². The first-order chi connectivity index (χ1) is 13.5. The van der Waals surface area contributed by atoms with E-state index in [9.17, 15) is 4.79 Å². The van der Waals surface area contributed by atoms with Crippen LogP contribution < -0.4 is 5.32 Å². The molecule has 0 spiro atoms. The summed E-state index contributed by atoms with van der Waals surface area (Å²) in [6.07, 6.45) is 0. The zero-order valence-corrected chi connectivity index (χ0v) is 16.9. The van der Waals surface area contributed by atoms with Crippen molar-refractivity contribution in [2.45, 2.75) is 13.8 Å². The van der Waals surface area contributed by atoms with E-state index in [0.717, 1.165) is 17.0 Å². The normalized spacial score (nSPS) is 10.8. The fraction of sp³-hybridized carbons (Fsp3) is 0.0952. The maximum Gasteiger partial charge on any atom is 0.256 e. The number of halogens is 1. The van der Waals surface area contributed by atoms with E-state index in [1.807, 2.05) is 30.5 Å². The highest BCUT2D eigenvalue weighted by molar-refractivity contribution is 7.12. The Hall–Kier alpha value is -2.96. The number of hydrogen-bond donors (Lipinski definition) is 1. The number of benzene rings is 2. The Balaban J connectivity index is 1.62. The van der Waals surface area contributed by atoms with Crippen LogP contribution in [0.25, 0.3) is 16.4 Å². The lowest BCUT2D eigenvalue weighted by Gasteiger charge is -2.06. The summed E-state index contributed by atoms with van der Waals surface area (Å²) in [4.78, 5) is 17.3. The number of nitrogens with zero attached hydrogens (tertiary/aromatic N) is 3. The second-order valence-corrected chi connectivity index (χ2v) is 7.70. The summed E-state index contributed by atoms with van der Waals surface area (Å²) >= 11 is 7.37. The van der Waals surface area contributed by atoms with Gasteiger partial charge in [-0.3, -0.25) is 4.79 Å². The summed E-state index contributed by atoms with van der Waals surface area (Å²) < 4.78 is 1.66. The van der Waals surface area contributed by atoms with E-state index in [-0.39, 0.29) is 5.91 Å². The van der Waals surface area contributed by atoms with Crippen LogP contribution in [0.5, 0.6) is 0 Å². The van der Waals surface area contributed by atoms with Crippen molar-refractivity contribution in [1.29, 1.82) is 0 Å². The van der Waals surface area contributed by atoms with Gasteiger partial charge >= 0.3 is 0 Å². The molecule has 0 bridgehead atoms. The van der Waals surface area contributed by atoms with Crippen molar-refractivity contribution in [2.24, 2.45) is 0 Å². The molecule has 5 nitrogen and oxygen atoms in total. The van der Waals surface area contributed by atoms with Gasteiger partial charge in [0.15, 0.2) is 0 Å². The standard InChI is InChI=1S/C21H17ClN4OS/c1-13-3-5-15(6-4-13)18-12-28-21(23-18)26-19(11-14(2)25-26)24-20(27)16-7-9-17(22)10-8-16/h3-12H,1-2H3,(H,24,27). The predicted molar refractivity (Wildman–Crippen MR) is 114 cm³/mol. The molecular weight excluding hydrogens is 392 g/mol. The van der Waals surface area contributed by atoms with Crippen LogP contribution in [0.15, 0.2) is 60.0 Å². The lowest BCUT2D eigenvalue weighted by atomic mass is 10.1. The molecule has 4 rings (SSSR count). The monoisotopic (exact) mass is 408 g/mol. The molecule has 4 aromatic rings. The van der Waals surface area contributed by atoms with E-state index in [2.05, 4.69) is 29.5 Å². The number of aromatic nitrogens is 3. The van der Waals surface area contributed by atoms with E-state index in [4.69, 9.17) is 16.6 Å². The fourth-order valence-corrected chi connectivity index (χ4v) is 3.66. The predicted octanol–water partition coefficient (Wildman–Crippen LogP) is 5.52. The van der Waals surface area contributed by atoms with Gasteiger partial charge < -0.3 is 5.32 Å². The maximum atomic E-state index is 12.6. The molecule has 0 saturated heterocycles. The molecule has 0 aliphatic heterocycles. The third-order valence-corrected chi connectivity index (χ3v) is 5.27. The van der Waals surface area contributed by atoms with Crippen molar-refractivity contribution in [3.8, 4) is 16.4 Å². The lowest BCUT2D eigenvalue weighted by molar-refractivity contribution is 0.102. The van der Waals surface area contributed by atoms with E-state index in [1.54, 1.807) is 28.9 Å². The number of rotatable bonds is 4. The number of carbonyl (C=O) groups is 1. The summed E-state index contributed by atoms with van der Waals surface area (Å²) in [5.74, 6) is 0.343. The van der Waals surface area contributed by atoms with Gasteiger partial charge in [0.2, 0.25) is 5.13 Å². The third-order valence-electron chi connectivity index (χ3n) is 4.20. The van der Waals surface area contributed by atoms with E-state index in [0.29, 0.717) is 21.5 Å². The van der Waals surface area contributed by atoms with Crippen LogP contribution in [-0.2, 0) is 0 Å². The van der Waals surface area contributed by atoms with Gasteiger partial charge in [-0.2, -0.15) is 9.78 Å². The number of nitrogens with one attached hydrogen (secondary N) is 1. The van der Waals surface area contributed by atoms with Gasteiger partial charge in [-0.1, -0.05) is 41.4 Å². The highest BCUT2D eigenvalue weighted by Gasteiger charge is 2.15. The third kappa shape index (κ3) is 3.83. The Morgan fingerprint density at radius 2 is 1.79 bits per heavy atom. The van der Waals surface area contributed by atoms with Gasteiger partial charge in [0.25, 0.3) is 5.91 Å². The first-order valence-electron chi connectivity index (χ1n) is 8.66. The molecule has 0 fully saturated rings. The van der Waals surface area contributed by atoms with Gasteiger partial charge in [-0.15, -0.1) is 11.3 Å². The molecule has 7 heteroatoms. The number of carbonyl (C=O) groups excluding carboxylic acids is 1. The van der Waals surface area contributed by atoms with Gasteiger partial charge in [-0.25, -0.2) is 4.98 Å². The summed E-state index contributed by atoms with van der Waals surface area (Å²) in [5.41, 5.74) is 4.44. The molecule has 0 atom stereocenters. The zero-order valence-electron chi connectivity index (χ0n) is 15.3. The number of aryl methyl sites for hydroxylation is 2.